The van der Waals surface area contributed by atoms with Crippen LogP contribution in [0, 0.1) is 13.8 Å². The van der Waals surface area contributed by atoms with Crippen molar-refractivity contribution in [2.75, 3.05) is 32.8 Å². The van der Waals surface area contributed by atoms with Crippen molar-refractivity contribution in [1.82, 2.24) is 9.80 Å². The zero-order valence-electron chi connectivity index (χ0n) is 17.3. The topological polar surface area (TPSA) is 93.2 Å². The zero-order valence-corrected chi connectivity index (χ0v) is 17.3. The minimum absolute atomic E-state index is 0.0358. The third-order valence-electron chi connectivity index (χ3n) is 5.66. The minimum atomic E-state index is -0.513. The van der Waals surface area contributed by atoms with Gasteiger partial charge in [0.1, 0.15) is 11.2 Å². The van der Waals surface area contributed by atoms with Crippen LogP contribution in [0.1, 0.15) is 23.6 Å². The fourth-order valence-electron chi connectivity index (χ4n) is 3.86. The van der Waals surface area contributed by atoms with E-state index in [0.29, 0.717) is 49.5 Å². The summed E-state index contributed by atoms with van der Waals surface area (Å²) in [6, 6.07) is 3.65. The molecule has 0 unspecified atom stereocenters. The van der Waals surface area contributed by atoms with Gasteiger partial charge in [-0.25, -0.2) is 9.59 Å². The monoisotopic (exact) mass is 412 g/mol. The predicted octanol–water partition coefficient (Wildman–Crippen LogP) is 3.00. The van der Waals surface area contributed by atoms with Gasteiger partial charge in [0.15, 0.2) is 0 Å². The highest BCUT2D eigenvalue weighted by molar-refractivity contribution is 5.96. The lowest BCUT2D eigenvalue weighted by molar-refractivity contribution is -0.132. The number of carbonyl (C=O) groups excluding carboxylic acids is 2. The number of amides is 2. The number of hydrogen-bond donors (Lipinski definition) is 0. The zero-order chi connectivity index (χ0) is 21.4. The molecule has 8 nitrogen and oxygen atoms in total. The molecule has 1 aliphatic rings. The molecule has 0 spiro atoms. The molecule has 1 fully saturated rings. The highest BCUT2D eigenvalue weighted by Gasteiger charge is 2.26. The van der Waals surface area contributed by atoms with E-state index in [0.717, 1.165) is 21.9 Å². The molecule has 0 N–H and O–H groups in total. The Kier molecular flexibility index (Phi) is 5.24. The van der Waals surface area contributed by atoms with Gasteiger partial charge < -0.3 is 23.4 Å². The number of hydrogen-bond acceptors (Lipinski definition) is 6. The number of fused-ring (bicyclic) bond motifs is 2. The summed E-state index contributed by atoms with van der Waals surface area (Å²) in [5.41, 5.74) is 2.68. The standard InChI is InChI=1S/C22H24N2O6/c1-4-28-22(27)24-7-5-23(6-8-24)20(25)10-17-14(3)16-9-15-13(2)12-29-18(15)11-19(16)30-21(17)26/h9,11-12H,4-8,10H2,1-3H3. The molecule has 3 heterocycles. The Balaban J connectivity index is 1.55. The molecule has 1 aromatic carbocycles. The van der Waals surface area contributed by atoms with E-state index in [1.165, 1.54) is 0 Å². The van der Waals surface area contributed by atoms with Crippen molar-refractivity contribution in [1.29, 1.82) is 0 Å². The number of piperazine rings is 1. The Morgan fingerprint density at radius 2 is 1.73 bits per heavy atom. The first-order valence-corrected chi connectivity index (χ1v) is 10.0. The van der Waals surface area contributed by atoms with Crippen LogP contribution in [0.25, 0.3) is 21.9 Å². The van der Waals surface area contributed by atoms with Gasteiger partial charge >= 0.3 is 11.7 Å². The predicted molar refractivity (Wildman–Crippen MR) is 111 cm³/mol. The maximum absolute atomic E-state index is 12.8. The summed E-state index contributed by atoms with van der Waals surface area (Å²) >= 11 is 0. The van der Waals surface area contributed by atoms with Crippen molar-refractivity contribution in [2.45, 2.75) is 27.2 Å². The summed E-state index contributed by atoms with van der Waals surface area (Å²) in [6.07, 6.45) is 1.26. The fraction of sp³-hybridized carbons (Fsp3) is 0.409. The molecule has 1 saturated heterocycles. The van der Waals surface area contributed by atoms with Crippen LogP contribution in [0.3, 0.4) is 0 Å². The van der Waals surface area contributed by atoms with Crippen molar-refractivity contribution in [2.24, 2.45) is 0 Å². The molecule has 2 amide bonds. The lowest BCUT2D eigenvalue weighted by Gasteiger charge is -2.34. The number of nitrogens with zero attached hydrogens (tertiary/aromatic N) is 2. The van der Waals surface area contributed by atoms with E-state index in [9.17, 15) is 14.4 Å². The summed E-state index contributed by atoms with van der Waals surface area (Å²) in [5.74, 6) is -0.158. The number of rotatable bonds is 3. The smallest absolute Gasteiger partial charge is 0.409 e. The molecule has 158 valence electrons. The van der Waals surface area contributed by atoms with Crippen LogP contribution >= 0.6 is 0 Å². The van der Waals surface area contributed by atoms with Gasteiger partial charge in [-0.2, -0.15) is 0 Å². The lowest BCUT2D eigenvalue weighted by atomic mass is 10.0. The van der Waals surface area contributed by atoms with E-state index in [4.69, 9.17) is 13.6 Å². The number of aryl methyl sites for hydroxylation is 2. The Morgan fingerprint density at radius 1 is 1.03 bits per heavy atom. The summed E-state index contributed by atoms with van der Waals surface area (Å²) in [6.45, 7) is 7.50. The van der Waals surface area contributed by atoms with Crippen LogP contribution in [0.15, 0.2) is 32.0 Å². The van der Waals surface area contributed by atoms with Gasteiger partial charge in [-0.05, 0) is 38.0 Å². The number of benzene rings is 1. The third kappa shape index (κ3) is 3.53. The van der Waals surface area contributed by atoms with Crippen LogP contribution in [-0.2, 0) is 16.0 Å². The summed E-state index contributed by atoms with van der Waals surface area (Å²) in [7, 11) is 0. The normalized spacial score (nSPS) is 14.5. The molecule has 30 heavy (non-hydrogen) atoms. The van der Waals surface area contributed by atoms with Crippen LogP contribution in [0.4, 0.5) is 4.79 Å². The molecular formula is C22H24N2O6. The molecule has 0 bridgehead atoms. The molecular weight excluding hydrogens is 388 g/mol. The van der Waals surface area contributed by atoms with Crippen molar-refractivity contribution in [3.8, 4) is 0 Å². The quantitative estimate of drug-likeness (QED) is 0.614. The SMILES string of the molecule is CCOC(=O)N1CCN(C(=O)Cc2c(C)c3cc4c(C)coc4cc3oc2=O)CC1. The Morgan fingerprint density at radius 3 is 2.43 bits per heavy atom. The Hall–Kier alpha value is -3.29. The van der Waals surface area contributed by atoms with Crippen LogP contribution in [0.2, 0.25) is 0 Å². The highest BCUT2D eigenvalue weighted by atomic mass is 16.6. The minimum Gasteiger partial charge on any atom is -0.464 e. The first kappa shape index (κ1) is 20.0. The molecule has 0 saturated carbocycles. The van der Waals surface area contributed by atoms with Crippen molar-refractivity contribution < 1.29 is 23.2 Å². The van der Waals surface area contributed by atoms with Gasteiger partial charge in [0, 0.05) is 43.0 Å². The van der Waals surface area contributed by atoms with E-state index in [2.05, 4.69) is 0 Å². The van der Waals surface area contributed by atoms with Gasteiger partial charge in [0.05, 0.1) is 24.9 Å². The third-order valence-corrected chi connectivity index (χ3v) is 5.66. The van der Waals surface area contributed by atoms with E-state index >= 15 is 0 Å². The van der Waals surface area contributed by atoms with Gasteiger partial charge in [-0.1, -0.05) is 0 Å². The van der Waals surface area contributed by atoms with Gasteiger partial charge in [-0.3, -0.25) is 4.79 Å². The largest absolute Gasteiger partial charge is 0.464 e. The van der Waals surface area contributed by atoms with E-state index in [-0.39, 0.29) is 18.4 Å². The summed E-state index contributed by atoms with van der Waals surface area (Å²) in [5, 5.41) is 1.74. The van der Waals surface area contributed by atoms with E-state index < -0.39 is 5.63 Å². The molecule has 2 aromatic heterocycles. The van der Waals surface area contributed by atoms with E-state index in [1.54, 1.807) is 29.1 Å². The van der Waals surface area contributed by atoms with Crippen LogP contribution < -0.4 is 5.63 Å². The second-order valence-electron chi connectivity index (χ2n) is 7.50. The highest BCUT2D eigenvalue weighted by Crippen LogP contribution is 2.29. The lowest BCUT2D eigenvalue weighted by Crippen LogP contribution is -2.51. The Bertz CT molecular complexity index is 1180. The molecule has 3 aromatic rings. The van der Waals surface area contributed by atoms with Crippen LogP contribution in [-0.4, -0.2) is 54.6 Å². The molecule has 4 rings (SSSR count). The maximum atomic E-state index is 12.8. The first-order valence-electron chi connectivity index (χ1n) is 10.0. The van der Waals surface area contributed by atoms with Crippen molar-refractivity contribution in [3.05, 3.63) is 45.5 Å². The molecule has 0 radical (unpaired) electrons. The van der Waals surface area contributed by atoms with Crippen molar-refractivity contribution in [3.63, 3.8) is 0 Å². The number of ether oxygens (including phenoxy) is 1. The van der Waals surface area contributed by atoms with Gasteiger partial charge in [0.25, 0.3) is 0 Å². The summed E-state index contributed by atoms with van der Waals surface area (Å²) < 4.78 is 16.0. The Labute approximate surface area is 173 Å². The van der Waals surface area contributed by atoms with Crippen molar-refractivity contribution >= 4 is 33.9 Å². The molecule has 0 atom stereocenters. The maximum Gasteiger partial charge on any atom is 0.409 e. The van der Waals surface area contributed by atoms with Gasteiger partial charge in [-0.15, -0.1) is 0 Å². The fourth-order valence-corrected chi connectivity index (χ4v) is 3.86. The van der Waals surface area contributed by atoms with E-state index in [1.807, 2.05) is 19.9 Å². The number of furan rings is 1. The molecule has 8 heteroatoms. The average molecular weight is 412 g/mol. The number of carbonyl (C=O) groups is 2. The van der Waals surface area contributed by atoms with Crippen LogP contribution in [0.5, 0.6) is 0 Å². The second kappa shape index (κ2) is 7.85. The van der Waals surface area contributed by atoms with Gasteiger partial charge in [0.2, 0.25) is 5.91 Å². The second-order valence-corrected chi connectivity index (χ2v) is 7.50. The molecule has 0 aliphatic carbocycles. The molecule has 1 aliphatic heterocycles. The summed E-state index contributed by atoms with van der Waals surface area (Å²) in [4.78, 5) is 40.5. The first-order chi connectivity index (χ1) is 14.4. The average Bonchev–Trinajstić information content (AvgIpc) is 3.10.